The fourth-order valence-corrected chi connectivity index (χ4v) is 9.92. The molecule has 106 heavy (non-hydrogen) atoms. The largest absolute Gasteiger partial charge is 0.481 e. The van der Waals surface area contributed by atoms with Crippen LogP contribution in [0.15, 0.2) is 4.99 Å². The van der Waals surface area contributed by atoms with Gasteiger partial charge in [-0.05, 0) is 76.0 Å². The van der Waals surface area contributed by atoms with Crippen LogP contribution in [0.2, 0.25) is 0 Å². The van der Waals surface area contributed by atoms with E-state index in [4.69, 9.17) is 28.7 Å². The summed E-state index contributed by atoms with van der Waals surface area (Å²) in [6.45, 7) is 18.6. The monoisotopic (exact) mass is 1510 g/mol. The highest BCUT2D eigenvalue weighted by atomic mass is 16.4. The molecule has 0 unspecified atom stereocenters. The van der Waals surface area contributed by atoms with Crippen molar-refractivity contribution in [3.05, 3.63) is 0 Å². The zero-order valence-electron chi connectivity index (χ0n) is 62.3. The lowest BCUT2D eigenvalue weighted by molar-refractivity contribution is -0.142. The van der Waals surface area contributed by atoms with Gasteiger partial charge in [-0.2, -0.15) is 0 Å². The lowest BCUT2D eigenvalue weighted by Crippen LogP contribution is -2.63. The quantitative estimate of drug-likeness (QED) is 0.0153. The first-order chi connectivity index (χ1) is 49.3. The number of carbonyl (C=O) groups excluding carboxylic acids is 15. The van der Waals surface area contributed by atoms with Crippen molar-refractivity contribution in [2.45, 2.75) is 252 Å². The molecule has 0 spiro atoms. The number of nitrogens with two attached hydrogens (primary N) is 5. The Bertz CT molecular complexity index is 3110. The number of aliphatic hydroxyl groups is 1. The molecule has 18 atom stereocenters. The Kier molecular flexibility index (Phi) is 43.2. The molecular formula is C65H113N19O22. The van der Waals surface area contributed by atoms with Crippen LogP contribution in [0.25, 0.3) is 0 Å². The number of primary amides is 2. The van der Waals surface area contributed by atoms with Crippen LogP contribution in [0.1, 0.15) is 167 Å². The SMILES string of the molecule is CC[C@H](C)[C@H](NC(=O)[C@H](CC(=O)O)NC(=O)[C@@H](NC(=O)[C@H](C)NC(=O)[C@@H](NC(=O)[C@@H](NC(=O)[C@H](CC(=O)O)NC(=O)[C@@H](NC(=O)[C@@H](NC(=O)[C@H](CCCN=C(N)N)NC(=O)[C@H](CCC(=O)O)NC(=O)CNC(=O)[C@H](C)N)[C@@H](C)CC)C(C)C)[C@@H](C)CC)[C@@H](C)CC)[C@@H](C)O)C(=O)N[C@@H](CCC(N)=O)C(N)=O. The molecule has 0 aliphatic heterocycles. The Morgan fingerprint density at radius 2 is 0.708 bits per heavy atom. The second-order valence-corrected chi connectivity index (χ2v) is 26.5. The summed E-state index contributed by atoms with van der Waals surface area (Å²) in [4.78, 5) is 243. The summed E-state index contributed by atoms with van der Waals surface area (Å²) in [5, 5.41) is 71.0. The Morgan fingerprint density at radius 3 is 1.08 bits per heavy atom. The van der Waals surface area contributed by atoms with E-state index in [-0.39, 0.29) is 63.9 Å². The highest BCUT2D eigenvalue weighted by Crippen LogP contribution is 2.17. The molecule has 0 aromatic heterocycles. The molecule has 0 aromatic carbocycles. The summed E-state index contributed by atoms with van der Waals surface area (Å²) in [6.07, 6.45) is -5.07. The summed E-state index contributed by atoms with van der Waals surface area (Å²) < 4.78 is 0. The molecule has 0 aliphatic rings. The Morgan fingerprint density at radius 1 is 0.368 bits per heavy atom. The van der Waals surface area contributed by atoms with E-state index >= 15 is 0 Å². The van der Waals surface area contributed by atoms with Crippen LogP contribution in [-0.4, -0.2) is 231 Å². The molecule has 0 radical (unpaired) electrons. The van der Waals surface area contributed by atoms with Gasteiger partial charge in [0.2, 0.25) is 88.6 Å². The van der Waals surface area contributed by atoms with Crippen LogP contribution in [-0.2, 0) is 86.3 Å². The van der Waals surface area contributed by atoms with Crippen LogP contribution < -0.4 is 97.8 Å². The summed E-state index contributed by atoms with van der Waals surface area (Å²) in [5.74, 6) is -24.1. The second kappa shape index (κ2) is 47.9. The van der Waals surface area contributed by atoms with Crippen molar-refractivity contribution in [1.29, 1.82) is 0 Å². The molecule has 0 fully saturated rings. The molecule has 600 valence electrons. The third kappa shape index (κ3) is 35.0. The first-order valence-corrected chi connectivity index (χ1v) is 34.9. The minimum absolute atomic E-state index is 0.0337. The summed E-state index contributed by atoms with van der Waals surface area (Å²) in [5.41, 5.74) is 27.1. The van der Waals surface area contributed by atoms with E-state index in [1.165, 1.54) is 34.6 Å². The number of hydrogen-bond donors (Lipinski definition) is 22. The van der Waals surface area contributed by atoms with Crippen LogP contribution in [0.5, 0.6) is 0 Å². The van der Waals surface area contributed by atoms with Crippen LogP contribution in [0, 0.1) is 29.6 Å². The lowest BCUT2D eigenvalue weighted by atomic mass is 9.94. The number of carbonyl (C=O) groups is 18. The van der Waals surface area contributed by atoms with Crippen LogP contribution in [0.3, 0.4) is 0 Å². The summed E-state index contributed by atoms with van der Waals surface area (Å²) in [6, 6.07) is -20.6. The highest BCUT2D eigenvalue weighted by Gasteiger charge is 2.41. The number of rotatable bonds is 51. The molecule has 0 aliphatic carbocycles. The molecule has 0 rings (SSSR count). The number of amides is 15. The first kappa shape index (κ1) is 95.6. The molecule has 0 saturated heterocycles. The number of nitrogens with one attached hydrogen (secondary N) is 13. The van der Waals surface area contributed by atoms with E-state index < -0.39 is 253 Å². The fraction of sp³-hybridized carbons (Fsp3) is 0.708. The molecule has 0 aromatic rings. The standard InChI is InChI=1S/C65H113N19O22/c1-14-29(7)47(60(102)73-34(12)54(96)84-51(35(13)85)64(106)78-40(26-45(92)93)58(100)81-48(30(8)15-2)61(103)75-36(52(68)94)20-22-41(67)86)83-63(105)50(32(10)17-4)82-57(99)39(25-44(90)91)77-59(101)46(28(5)6)79-62(104)49(31(9)16-3)80-56(98)37(19-18-24-71-65(69)70)76-55(97)38(21-23-43(88)89)74-42(87)27-72-53(95)33(11)66/h28-40,46-51,85H,14-27,66H2,1-13H3,(H2,67,86)(H2,68,94)(H,72,95)(H,73,102)(H,74,87)(H,75,103)(H,76,97)(H,77,101)(H,78,106)(H,79,104)(H,80,98)(H,81,100)(H,82,99)(H,83,105)(H,84,96)(H,88,89)(H,90,91)(H,92,93)(H4,69,70,71)/t29-,30-,31-,32-,33-,34-,35+,36-,37-,38-,39-,40-,46-,47-,48-,49-,50-,51-/m0/s1. The van der Waals surface area contributed by atoms with Gasteiger partial charge in [0.05, 0.1) is 31.5 Å². The Hall–Kier alpha value is -10.3. The topological polar surface area (TPSA) is 687 Å². The molecule has 0 saturated carbocycles. The minimum Gasteiger partial charge on any atom is -0.481 e. The molecule has 41 nitrogen and oxygen atoms in total. The van der Waals surface area contributed by atoms with E-state index in [0.29, 0.717) is 0 Å². The molecule has 15 amide bonds. The smallest absolute Gasteiger partial charge is 0.305 e. The number of nitrogens with zero attached hydrogens (tertiary/aromatic N) is 1. The zero-order chi connectivity index (χ0) is 81.7. The van der Waals surface area contributed by atoms with Crippen LogP contribution in [0.4, 0.5) is 0 Å². The third-order valence-corrected chi connectivity index (χ3v) is 17.3. The summed E-state index contributed by atoms with van der Waals surface area (Å²) >= 11 is 0. The second-order valence-electron chi connectivity index (χ2n) is 26.5. The maximum Gasteiger partial charge on any atom is 0.305 e. The molecule has 27 N–H and O–H groups in total. The zero-order valence-corrected chi connectivity index (χ0v) is 62.3. The molecule has 41 heteroatoms. The Balaban J connectivity index is 6.90. The maximum absolute atomic E-state index is 14.4. The van der Waals surface area contributed by atoms with Gasteiger partial charge in [0, 0.05) is 19.4 Å². The fourth-order valence-electron chi connectivity index (χ4n) is 9.92. The van der Waals surface area contributed by atoms with Gasteiger partial charge >= 0.3 is 17.9 Å². The number of aliphatic imine (C=N–C) groups is 1. The Labute approximate surface area is 614 Å². The van der Waals surface area contributed by atoms with Crippen molar-refractivity contribution in [2.24, 2.45) is 63.3 Å². The van der Waals surface area contributed by atoms with Crippen molar-refractivity contribution in [1.82, 2.24) is 69.1 Å². The first-order valence-electron chi connectivity index (χ1n) is 34.9. The van der Waals surface area contributed by atoms with E-state index in [1.54, 1.807) is 41.5 Å². The maximum atomic E-state index is 14.4. The van der Waals surface area contributed by atoms with Crippen molar-refractivity contribution < 1.29 is 107 Å². The molecular weight excluding hydrogens is 1400 g/mol. The summed E-state index contributed by atoms with van der Waals surface area (Å²) in [7, 11) is 0. The number of carboxylic acids is 3. The number of carboxylic acid groups (broad SMARTS) is 3. The van der Waals surface area contributed by atoms with Crippen molar-refractivity contribution in [3.63, 3.8) is 0 Å². The van der Waals surface area contributed by atoms with Crippen molar-refractivity contribution >= 4 is 112 Å². The minimum atomic E-state index is -1.97. The average Bonchev–Trinajstić information content (AvgIpc) is 0.848. The number of aliphatic carboxylic acids is 3. The predicted octanol–water partition coefficient (Wildman–Crippen LogP) is -6.87. The van der Waals surface area contributed by atoms with Crippen molar-refractivity contribution in [3.8, 4) is 0 Å². The van der Waals surface area contributed by atoms with E-state index in [1.807, 2.05) is 0 Å². The molecule has 0 bridgehead atoms. The van der Waals surface area contributed by atoms with Gasteiger partial charge in [0.1, 0.15) is 72.5 Å². The van der Waals surface area contributed by atoms with Gasteiger partial charge in [-0.1, -0.05) is 94.9 Å². The third-order valence-electron chi connectivity index (χ3n) is 17.3. The average molecular weight is 1510 g/mol. The van der Waals surface area contributed by atoms with Gasteiger partial charge < -0.3 is 118 Å². The predicted molar refractivity (Wildman–Crippen MR) is 379 cm³/mol. The van der Waals surface area contributed by atoms with Gasteiger partial charge in [-0.15, -0.1) is 0 Å². The highest BCUT2D eigenvalue weighted by molar-refractivity contribution is 6.01. The van der Waals surface area contributed by atoms with E-state index in [9.17, 15) is 107 Å². The van der Waals surface area contributed by atoms with Gasteiger partial charge in [-0.25, -0.2) is 0 Å². The number of hydrogen-bond acceptors (Lipinski definition) is 21. The van der Waals surface area contributed by atoms with Gasteiger partial charge in [0.15, 0.2) is 5.96 Å². The lowest BCUT2D eigenvalue weighted by Gasteiger charge is -2.31. The van der Waals surface area contributed by atoms with Gasteiger partial charge in [0.25, 0.3) is 0 Å². The van der Waals surface area contributed by atoms with E-state index in [2.05, 4.69) is 74.1 Å². The van der Waals surface area contributed by atoms with Crippen LogP contribution >= 0.6 is 0 Å². The molecule has 0 heterocycles. The number of guanidine groups is 1. The van der Waals surface area contributed by atoms with Gasteiger partial charge in [-0.3, -0.25) is 91.3 Å². The normalized spacial score (nSPS) is 16.2. The van der Waals surface area contributed by atoms with E-state index in [0.717, 1.165) is 13.8 Å². The van der Waals surface area contributed by atoms with Crippen molar-refractivity contribution in [2.75, 3.05) is 13.1 Å². The number of aliphatic hydroxyl groups excluding tert-OH is 1.